The van der Waals surface area contributed by atoms with Crippen LogP contribution in [0.25, 0.3) is 11.0 Å². The first-order valence-electron chi connectivity index (χ1n) is 6.93. The zero-order valence-electron chi connectivity index (χ0n) is 12.2. The summed E-state index contributed by atoms with van der Waals surface area (Å²) in [6, 6.07) is 8.43. The van der Waals surface area contributed by atoms with Gasteiger partial charge in [-0.2, -0.15) is 0 Å². The fourth-order valence-corrected chi connectivity index (χ4v) is 2.35. The number of benzene rings is 1. The van der Waals surface area contributed by atoms with Gasteiger partial charge in [-0.05, 0) is 26.3 Å². The van der Waals surface area contributed by atoms with E-state index in [1.54, 1.807) is 7.11 Å². The molecule has 1 aromatic carbocycles. The van der Waals surface area contributed by atoms with Crippen LogP contribution in [0, 0.1) is 0 Å². The van der Waals surface area contributed by atoms with Crippen LogP contribution in [0.3, 0.4) is 0 Å². The number of furan rings is 1. The van der Waals surface area contributed by atoms with Crippen molar-refractivity contribution in [1.82, 2.24) is 5.32 Å². The Labute approximate surface area is 114 Å². The molecule has 0 aliphatic heterocycles. The molecule has 1 N–H and O–H groups in total. The van der Waals surface area contributed by atoms with Crippen molar-refractivity contribution < 1.29 is 9.15 Å². The predicted octanol–water partition coefficient (Wildman–Crippen LogP) is 3.68. The molecule has 0 saturated heterocycles. The van der Waals surface area contributed by atoms with E-state index in [0.29, 0.717) is 0 Å². The van der Waals surface area contributed by atoms with E-state index >= 15 is 0 Å². The van der Waals surface area contributed by atoms with Crippen molar-refractivity contribution in [1.29, 1.82) is 0 Å². The molecule has 2 unspecified atom stereocenters. The number of hydrogen-bond acceptors (Lipinski definition) is 3. The number of rotatable bonds is 6. The van der Waals surface area contributed by atoms with Crippen LogP contribution >= 0.6 is 0 Å². The summed E-state index contributed by atoms with van der Waals surface area (Å²) in [6.45, 7) is 7.18. The van der Waals surface area contributed by atoms with E-state index in [0.717, 1.165) is 24.3 Å². The third kappa shape index (κ3) is 2.99. The molecule has 0 saturated carbocycles. The van der Waals surface area contributed by atoms with Gasteiger partial charge in [-0.15, -0.1) is 0 Å². The van der Waals surface area contributed by atoms with E-state index in [4.69, 9.17) is 9.15 Å². The number of ether oxygens (including phenoxy) is 1. The molecule has 0 aliphatic rings. The van der Waals surface area contributed by atoms with Gasteiger partial charge in [-0.25, -0.2) is 0 Å². The zero-order valence-corrected chi connectivity index (χ0v) is 12.2. The minimum Gasteiger partial charge on any atom is -0.459 e. The number of fused-ring (bicyclic) bond motifs is 1. The molecule has 2 atom stereocenters. The summed E-state index contributed by atoms with van der Waals surface area (Å²) < 4.78 is 11.3. The van der Waals surface area contributed by atoms with Gasteiger partial charge in [-0.3, -0.25) is 0 Å². The summed E-state index contributed by atoms with van der Waals surface area (Å²) in [6.07, 6.45) is 1.19. The highest BCUT2D eigenvalue weighted by Crippen LogP contribution is 2.30. The molecule has 3 nitrogen and oxygen atoms in total. The average molecular weight is 261 g/mol. The van der Waals surface area contributed by atoms with Gasteiger partial charge in [0.25, 0.3) is 0 Å². The molecule has 0 radical (unpaired) electrons. The molecule has 0 amide bonds. The molecule has 3 heteroatoms. The maximum absolute atomic E-state index is 6.01. The Bertz CT molecular complexity index is 533. The molecule has 0 aliphatic carbocycles. The molecule has 2 rings (SSSR count). The second-order valence-electron chi connectivity index (χ2n) is 4.97. The third-order valence-electron chi connectivity index (χ3n) is 3.59. The average Bonchev–Trinajstić information content (AvgIpc) is 2.82. The summed E-state index contributed by atoms with van der Waals surface area (Å²) in [4.78, 5) is 0. The summed E-state index contributed by atoms with van der Waals surface area (Å²) in [5.41, 5.74) is 2.28. The molecule has 1 heterocycles. The second kappa shape index (κ2) is 6.22. The molecular weight excluding hydrogens is 238 g/mol. The van der Waals surface area contributed by atoms with Crippen LogP contribution in [-0.4, -0.2) is 19.8 Å². The van der Waals surface area contributed by atoms with Crippen LogP contribution in [0.4, 0.5) is 0 Å². The summed E-state index contributed by atoms with van der Waals surface area (Å²) in [7, 11) is 1.73. The SMILES string of the molecule is CCc1c(C(C)NCC(C)OC)oc2ccccc12. The molecule has 104 valence electrons. The van der Waals surface area contributed by atoms with Crippen molar-refractivity contribution >= 4 is 11.0 Å². The predicted molar refractivity (Wildman–Crippen MR) is 78.5 cm³/mol. The standard InChI is InChI=1S/C16H23NO2/c1-5-13-14-8-6-7-9-15(14)19-16(13)12(3)17-10-11(2)18-4/h6-9,11-12,17H,5,10H2,1-4H3. The van der Waals surface area contributed by atoms with E-state index in [1.807, 2.05) is 12.1 Å². The Balaban J connectivity index is 2.23. The smallest absolute Gasteiger partial charge is 0.134 e. The van der Waals surface area contributed by atoms with Crippen LogP contribution in [-0.2, 0) is 11.2 Å². The lowest BCUT2D eigenvalue weighted by Gasteiger charge is -2.16. The van der Waals surface area contributed by atoms with Crippen molar-refractivity contribution in [3.8, 4) is 0 Å². The number of nitrogens with one attached hydrogen (secondary N) is 1. The van der Waals surface area contributed by atoms with Crippen LogP contribution in [0.1, 0.15) is 38.1 Å². The van der Waals surface area contributed by atoms with Crippen LogP contribution in [0.2, 0.25) is 0 Å². The van der Waals surface area contributed by atoms with E-state index in [9.17, 15) is 0 Å². The molecule has 0 bridgehead atoms. The Morgan fingerprint density at radius 1 is 1.26 bits per heavy atom. The second-order valence-corrected chi connectivity index (χ2v) is 4.97. The Hall–Kier alpha value is -1.32. The first-order valence-corrected chi connectivity index (χ1v) is 6.93. The highest BCUT2D eigenvalue weighted by molar-refractivity contribution is 5.82. The molecule has 0 spiro atoms. The summed E-state index contributed by atoms with van der Waals surface area (Å²) in [5, 5.41) is 4.70. The summed E-state index contributed by atoms with van der Waals surface area (Å²) >= 11 is 0. The monoisotopic (exact) mass is 261 g/mol. The Morgan fingerprint density at radius 2 is 2.00 bits per heavy atom. The Kier molecular flexibility index (Phi) is 4.61. The van der Waals surface area contributed by atoms with E-state index in [2.05, 4.69) is 38.2 Å². The van der Waals surface area contributed by atoms with Crippen LogP contribution < -0.4 is 5.32 Å². The number of para-hydroxylation sites is 1. The van der Waals surface area contributed by atoms with Crippen LogP contribution in [0.5, 0.6) is 0 Å². The molecule has 19 heavy (non-hydrogen) atoms. The lowest BCUT2D eigenvalue weighted by molar-refractivity contribution is 0.114. The lowest BCUT2D eigenvalue weighted by atomic mass is 10.0. The fourth-order valence-electron chi connectivity index (χ4n) is 2.35. The zero-order chi connectivity index (χ0) is 13.8. The van der Waals surface area contributed by atoms with E-state index in [1.165, 1.54) is 10.9 Å². The quantitative estimate of drug-likeness (QED) is 0.861. The lowest BCUT2D eigenvalue weighted by Crippen LogP contribution is -2.28. The normalized spacial score (nSPS) is 14.7. The van der Waals surface area contributed by atoms with Gasteiger partial charge in [-0.1, -0.05) is 25.1 Å². The van der Waals surface area contributed by atoms with Crippen molar-refractivity contribution in [2.45, 2.75) is 39.3 Å². The molecule has 1 aromatic heterocycles. The highest BCUT2D eigenvalue weighted by atomic mass is 16.5. The first kappa shape index (κ1) is 14.1. The van der Waals surface area contributed by atoms with Crippen molar-refractivity contribution in [2.75, 3.05) is 13.7 Å². The maximum atomic E-state index is 6.01. The topological polar surface area (TPSA) is 34.4 Å². The van der Waals surface area contributed by atoms with E-state index in [-0.39, 0.29) is 12.1 Å². The minimum atomic E-state index is 0.194. The summed E-state index contributed by atoms with van der Waals surface area (Å²) in [5.74, 6) is 1.05. The molecule has 0 fully saturated rings. The molecule has 2 aromatic rings. The van der Waals surface area contributed by atoms with E-state index < -0.39 is 0 Å². The van der Waals surface area contributed by atoms with Gasteiger partial charge >= 0.3 is 0 Å². The van der Waals surface area contributed by atoms with Gasteiger partial charge in [0.05, 0.1) is 12.1 Å². The van der Waals surface area contributed by atoms with Crippen molar-refractivity contribution in [2.24, 2.45) is 0 Å². The largest absolute Gasteiger partial charge is 0.459 e. The first-order chi connectivity index (χ1) is 9.17. The fraction of sp³-hybridized carbons (Fsp3) is 0.500. The van der Waals surface area contributed by atoms with Crippen molar-refractivity contribution in [3.63, 3.8) is 0 Å². The Morgan fingerprint density at radius 3 is 2.68 bits per heavy atom. The highest BCUT2D eigenvalue weighted by Gasteiger charge is 2.18. The number of methoxy groups -OCH3 is 1. The van der Waals surface area contributed by atoms with Crippen molar-refractivity contribution in [3.05, 3.63) is 35.6 Å². The van der Waals surface area contributed by atoms with Gasteiger partial charge < -0.3 is 14.5 Å². The van der Waals surface area contributed by atoms with Gasteiger partial charge in [0, 0.05) is 24.6 Å². The third-order valence-corrected chi connectivity index (χ3v) is 3.59. The van der Waals surface area contributed by atoms with Gasteiger partial charge in [0.2, 0.25) is 0 Å². The minimum absolute atomic E-state index is 0.194. The number of hydrogen-bond donors (Lipinski definition) is 1. The number of aryl methyl sites for hydroxylation is 1. The maximum Gasteiger partial charge on any atom is 0.134 e. The molecular formula is C16H23NO2. The van der Waals surface area contributed by atoms with Gasteiger partial charge in [0.1, 0.15) is 11.3 Å². The van der Waals surface area contributed by atoms with Gasteiger partial charge in [0.15, 0.2) is 0 Å². The van der Waals surface area contributed by atoms with Crippen LogP contribution in [0.15, 0.2) is 28.7 Å².